The first-order chi connectivity index (χ1) is 18.9. The van der Waals surface area contributed by atoms with Gasteiger partial charge in [-0.15, -0.1) is 0 Å². The Balaban J connectivity index is 2.01. The predicted octanol–water partition coefficient (Wildman–Crippen LogP) is 4.71. The van der Waals surface area contributed by atoms with Crippen molar-refractivity contribution in [3.05, 3.63) is 71.0 Å². The van der Waals surface area contributed by atoms with E-state index in [1.807, 2.05) is 52.0 Å². The minimum Gasteiger partial charge on any atom is -0.493 e. The van der Waals surface area contributed by atoms with Crippen LogP contribution in [-0.2, 0) is 20.9 Å². The van der Waals surface area contributed by atoms with Gasteiger partial charge in [-0.05, 0) is 46.2 Å². The summed E-state index contributed by atoms with van der Waals surface area (Å²) >= 11 is 0. The van der Waals surface area contributed by atoms with Crippen LogP contribution < -0.4 is 20.1 Å². The highest BCUT2D eigenvalue weighted by atomic mass is 16.5. The number of rotatable bonds is 11. The van der Waals surface area contributed by atoms with Crippen molar-refractivity contribution in [1.82, 2.24) is 15.4 Å². The fourth-order valence-corrected chi connectivity index (χ4v) is 4.22. The molecule has 2 aromatic carbocycles. The second-order valence-electron chi connectivity index (χ2n) is 10.6. The number of nitrogens with zero attached hydrogens (tertiary/aromatic N) is 2. The third-order valence-electron chi connectivity index (χ3n) is 6.04. The average Bonchev–Trinajstić information content (AvgIpc) is 3.30. The number of aromatic nitrogens is 1. The zero-order chi connectivity index (χ0) is 29.4. The number of benzene rings is 2. The molecule has 3 amide bonds. The lowest BCUT2D eigenvalue weighted by Gasteiger charge is -2.34. The lowest BCUT2D eigenvalue weighted by atomic mass is 9.98. The molecular formula is C30H38N4O6. The van der Waals surface area contributed by atoms with Gasteiger partial charge in [0.05, 0.1) is 14.2 Å². The average molecular weight is 551 g/mol. The zero-order valence-corrected chi connectivity index (χ0v) is 24.2. The number of carbonyl (C=O) groups excluding carboxylic acids is 3. The van der Waals surface area contributed by atoms with Crippen LogP contribution in [0.5, 0.6) is 11.5 Å². The molecule has 0 bridgehead atoms. The summed E-state index contributed by atoms with van der Waals surface area (Å²) in [5.74, 6) is 0.434. The van der Waals surface area contributed by atoms with E-state index in [-0.39, 0.29) is 37.0 Å². The third-order valence-corrected chi connectivity index (χ3v) is 6.04. The van der Waals surface area contributed by atoms with E-state index in [0.29, 0.717) is 22.8 Å². The maximum absolute atomic E-state index is 13.9. The number of anilines is 1. The van der Waals surface area contributed by atoms with Gasteiger partial charge in [0, 0.05) is 36.6 Å². The lowest BCUT2D eigenvalue weighted by Crippen LogP contribution is -2.49. The van der Waals surface area contributed by atoms with Crippen molar-refractivity contribution in [3.8, 4) is 11.5 Å². The Bertz CT molecular complexity index is 1330. The molecule has 10 heteroatoms. The minimum absolute atomic E-state index is 0.113. The van der Waals surface area contributed by atoms with Crippen LogP contribution in [0, 0.1) is 13.8 Å². The van der Waals surface area contributed by atoms with Gasteiger partial charge < -0.3 is 29.5 Å². The maximum atomic E-state index is 13.9. The van der Waals surface area contributed by atoms with Crippen LogP contribution in [0.3, 0.4) is 0 Å². The van der Waals surface area contributed by atoms with Crippen LogP contribution in [0.2, 0.25) is 0 Å². The van der Waals surface area contributed by atoms with E-state index < -0.39 is 17.5 Å². The SMILES string of the molecule is COc1cccc([C@@H](C(=O)NC(C)(C)C)N(Cc2ccc(C)cc2)C(=O)CCC(=O)Nc2cc(C)on2)c1OC. The number of amides is 3. The standard InChI is InChI=1S/C30H38N4O6/c1-19-11-13-21(14-12-19)18-34(26(36)16-15-25(35)31-24-17-20(2)40-33-24)27(29(37)32-30(3,4)5)22-9-8-10-23(38-6)28(22)39-7/h8-14,17,27H,15-16,18H2,1-7H3,(H,32,37)(H,31,33,35)/t27-/m0/s1. The summed E-state index contributed by atoms with van der Waals surface area (Å²) in [7, 11) is 3.00. The van der Waals surface area contributed by atoms with Gasteiger partial charge >= 0.3 is 0 Å². The number of para-hydroxylation sites is 1. The molecule has 0 fully saturated rings. The largest absolute Gasteiger partial charge is 0.493 e. The van der Waals surface area contributed by atoms with Crippen LogP contribution >= 0.6 is 0 Å². The van der Waals surface area contributed by atoms with Crippen molar-refractivity contribution in [2.24, 2.45) is 0 Å². The van der Waals surface area contributed by atoms with Gasteiger partial charge in [0.1, 0.15) is 11.8 Å². The fraction of sp³-hybridized carbons (Fsp3) is 0.400. The van der Waals surface area contributed by atoms with E-state index in [1.165, 1.54) is 19.1 Å². The highest BCUT2D eigenvalue weighted by Gasteiger charge is 2.36. The molecule has 0 saturated heterocycles. The van der Waals surface area contributed by atoms with E-state index in [0.717, 1.165) is 11.1 Å². The smallest absolute Gasteiger partial charge is 0.248 e. The molecule has 0 saturated carbocycles. The number of hydrogen-bond acceptors (Lipinski definition) is 7. The van der Waals surface area contributed by atoms with Crippen LogP contribution in [0.15, 0.2) is 53.1 Å². The van der Waals surface area contributed by atoms with E-state index in [9.17, 15) is 14.4 Å². The molecule has 0 spiro atoms. The monoisotopic (exact) mass is 550 g/mol. The molecule has 40 heavy (non-hydrogen) atoms. The molecular weight excluding hydrogens is 512 g/mol. The van der Waals surface area contributed by atoms with Crippen molar-refractivity contribution in [2.75, 3.05) is 19.5 Å². The molecule has 0 aliphatic heterocycles. The Kier molecular flexibility index (Phi) is 9.93. The molecule has 1 aromatic heterocycles. The van der Waals surface area contributed by atoms with Crippen LogP contribution in [0.1, 0.15) is 62.1 Å². The highest BCUT2D eigenvalue weighted by Crippen LogP contribution is 2.38. The first-order valence-electron chi connectivity index (χ1n) is 13.0. The van der Waals surface area contributed by atoms with Crippen molar-refractivity contribution >= 4 is 23.5 Å². The summed E-state index contributed by atoms with van der Waals surface area (Å²) in [6.45, 7) is 9.42. The van der Waals surface area contributed by atoms with Gasteiger partial charge in [0.25, 0.3) is 0 Å². The Morgan fingerprint density at radius 3 is 2.27 bits per heavy atom. The van der Waals surface area contributed by atoms with Gasteiger partial charge in [-0.1, -0.05) is 47.1 Å². The second-order valence-corrected chi connectivity index (χ2v) is 10.6. The molecule has 0 aliphatic rings. The molecule has 3 aromatic rings. The number of methoxy groups -OCH3 is 2. The van der Waals surface area contributed by atoms with Crippen LogP contribution in [0.25, 0.3) is 0 Å². The molecule has 1 atom stereocenters. The molecule has 3 rings (SSSR count). The Morgan fingerprint density at radius 1 is 1.00 bits per heavy atom. The van der Waals surface area contributed by atoms with Crippen molar-refractivity contribution in [3.63, 3.8) is 0 Å². The van der Waals surface area contributed by atoms with E-state index >= 15 is 0 Å². The summed E-state index contributed by atoms with van der Waals surface area (Å²) < 4.78 is 16.1. The summed E-state index contributed by atoms with van der Waals surface area (Å²) in [5.41, 5.74) is 1.79. The van der Waals surface area contributed by atoms with Gasteiger partial charge in [0.15, 0.2) is 17.3 Å². The van der Waals surface area contributed by atoms with E-state index in [2.05, 4.69) is 15.8 Å². The molecule has 1 heterocycles. The van der Waals surface area contributed by atoms with Gasteiger partial charge in [0.2, 0.25) is 17.7 Å². The van der Waals surface area contributed by atoms with Gasteiger partial charge in [-0.25, -0.2) is 0 Å². The first-order valence-corrected chi connectivity index (χ1v) is 13.0. The fourth-order valence-electron chi connectivity index (χ4n) is 4.22. The van der Waals surface area contributed by atoms with Crippen molar-refractivity contribution in [2.45, 2.75) is 65.6 Å². The van der Waals surface area contributed by atoms with Crippen molar-refractivity contribution < 1.29 is 28.4 Å². The summed E-state index contributed by atoms with van der Waals surface area (Å²) in [6.07, 6.45) is -0.252. The summed E-state index contributed by atoms with van der Waals surface area (Å²) in [5, 5.41) is 9.40. The predicted molar refractivity (Wildman–Crippen MR) is 151 cm³/mol. The maximum Gasteiger partial charge on any atom is 0.248 e. The Labute approximate surface area is 235 Å². The lowest BCUT2D eigenvalue weighted by molar-refractivity contribution is -0.142. The van der Waals surface area contributed by atoms with Crippen LogP contribution in [-0.4, -0.2) is 47.5 Å². The topological polar surface area (TPSA) is 123 Å². The molecule has 10 nitrogen and oxygen atoms in total. The zero-order valence-electron chi connectivity index (χ0n) is 24.2. The Morgan fingerprint density at radius 2 is 1.70 bits per heavy atom. The molecule has 214 valence electrons. The minimum atomic E-state index is -1.07. The summed E-state index contributed by atoms with van der Waals surface area (Å²) in [6, 6.07) is 13.4. The molecule has 2 N–H and O–H groups in total. The van der Waals surface area contributed by atoms with E-state index in [4.69, 9.17) is 14.0 Å². The first kappa shape index (κ1) is 30.2. The van der Waals surface area contributed by atoms with Gasteiger partial charge in [-0.3, -0.25) is 14.4 Å². The second kappa shape index (κ2) is 13.1. The number of aryl methyl sites for hydroxylation is 2. The number of nitrogens with one attached hydrogen (secondary N) is 2. The van der Waals surface area contributed by atoms with Gasteiger partial charge in [-0.2, -0.15) is 0 Å². The number of hydrogen-bond donors (Lipinski definition) is 2. The molecule has 0 radical (unpaired) electrons. The van der Waals surface area contributed by atoms with Crippen LogP contribution in [0.4, 0.5) is 5.82 Å². The number of ether oxygens (including phenoxy) is 2. The molecule has 0 unspecified atom stereocenters. The normalized spacial score (nSPS) is 11.9. The quantitative estimate of drug-likeness (QED) is 0.354. The van der Waals surface area contributed by atoms with Crippen molar-refractivity contribution in [1.29, 1.82) is 0 Å². The van der Waals surface area contributed by atoms with E-state index in [1.54, 1.807) is 31.2 Å². The molecule has 0 aliphatic carbocycles. The highest BCUT2D eigenvalue weighted by molar-refractivity contribution is 5.94. The third kappa shape index (κ3) is 8.08. The Hall–Kier alpha value is -4.34. The summed E-state index contributed by atoms with van der Waals surface area (Å²) in [4.78, 5) is 41.9. The number of carbonyl (C=O) groups is 3.